The van der Waals surface area contributed by atoms with Gasteiger partial charge in [0.25, 0.3) is 0 Å². The normalized spacial score (nSPS) is 17.0. The predicted octanol–water partition coefficient (Wildman–Crippen LogP) is 2.87. The van der Waals surface area contributed by atoms with Crippen LogP contribution in [0.2, 0.25) is 0 Å². The number of fused-ring (bicyclic) bond motifs is 1. The average molecular weight is 283 g/mol. The topological polar surface area (TPSA) is 69.4 Å². The van der Waals surface area contributed by atoms with Crippen LogP contribution in [0.15, 0.2) is 22.6 Å². The molecule has 1 aliphatic heterocycles. The first kappa shape index (κ1) is 12.6. The largest absolute Gasteiger partial charge is 0.586 e. The summed E-state index contributed by atoms with van der Waals surface area (Å²) in [4.78, 5) is 0. The van der Waals surface area contributed by atoms with Crippen molar-refractivity contribution in [3.63, 3.8) is 0 Å². The number of benzene rings is 1. The lowest BCUT2D eigenvalue weighted by Gasteiger charge is -2.11. The fourth-order valence-corrected chi connectivity index (χ4v) is 1.84. The van der Waals surface area contributed by atoms with Gasteiger partial charge in [-0.3, -0.25) is 0 Å². The maximum Gasteiger partial charge on any atom is 0.586 e. The minimum atomic E-state index is -3.61. The predicted molar refractivity (Wildman–Crippen MR) is 63.7 cm³/mol. The molecule has 1 N–H and O–H groups in total. The van der Waals surface area contributed by atoms with Crippen molar-refractivity contribution in [1.29, 1.82) is 0 Å². The molecular formula is C12H11F2N3O3. The van der Waals surface area contributed by atoms with E-state index in [0.717, 1.165) is 0 Å². The first-order valence-corrected chi connectivity index (χ1v) is 5.89. The van der Waals surface area contributed by atoms with Gasteiger partial charge in [-0.1, -0.05) is 0 Å². The van der Waals surface area contributed by atoms with Crippen LogP contribution >= 0.6 is 0 Å². The SMILES string of the molecule is Cc1nnc([C@H](C)Nc2ccc3c(c2)OC(F)(F)O3)o1. The van der Waals surface area contributed by atoms with Crippen LogP contribution in [-0.2, 0) is 0 Å². The minimum Gasteiger partial charge on any atom is -0.423 e. The number of anilines is 1. The molecule has 3 rings (SSSR count). The summed E-state index contributed by atoms with van der Waals surface area (Å²) in [6.45, 7) is 3.50. The number of halogens is 2. The fraction of sp³-hybridized carbons (Fsp3) is 0.333. The van der Waals surface area contributed by atoms with Gasteiger partial charge in [-0.15, -0.1) is 19.0 Å². The highest BCUT2D eigenvalue weighted by Gasteiger charge is 2.43. The number of hydrogen-bond donors (Lipinski definition) is 1. The molecule has 1 atom stereocenters. The monoisotopic (exact) mass is 283 g/mol. The molecule has 106 valence electrons. The molecule has 2 heterocycles. The summed E-state index contributed by atoms with van der Waals surface area (Å²) in [5.74, 6) is 0.847. The van der Waals surface area contributed by atoms with Gasteiger partial charge in [0.05, 0.1) is 0 Å². The molecule has 0 aliphatic carbocycles. The van der Waals surface area contributed by atoms with Crippen molar-refractivity contribution in [1.82, 2.24) is 10.2 Å². The Labute approximate surface area is 112 Å². The van der Waals surface area contributed by atoms with E-state index in [9.17, 15) is 8.78 Å². The van der Waals surface area contributed by atoms with E-state index in [-0.39, 0.29) is 17.5 Å². The van der Waals surface area contributed by atoms with Crippen molar-refractivity contribution < 1.29 is 22.7 Å². The zero-order valence-electron chi connectivity index (χ0n) is 10.7. The molecule has 0 amide bonds. The van der Waals surface area contributed by atoms with Crippen molar-refractivity contribution in [2.24, 2.45) is 0 Å². The summed E-state index contributed by atoms with van der Waals surface area (Å²) in [6.07, 6.45) is -3.61. The number of aryl methyl sites for hydroxylation is 1. The third kappa shape index (κ3) is 2.36. The Hall–Kier alpha value is -2.38. The van der Waals surface area contributed by atoms with Crippen molar-refractivity contribution in [3.8, 4) is 11.5 Å². The molecule has 0 saturated heterocycles. The molecule has 0 radical (unpaired) electrons. The highest BCUT2D eigenvalue weighted by Crippen LogP contribution is 2.42. The van der Waals surface area contributed by atoms with Gasteiger partial charge in [-0.25, -0.2) is 0 Å². The van der Waals surface area contributed by atoms with Crippen molar-refractivity contribution in [2.45, 2.75) is 26.2 Å². The number of nitrogens with zero attached hydrogens (tertiary/aromatic N) is 2. The van der Waals surface area contributed by atoms with Gasteiger partial charge in [0.2, 0.25) is 11.8 Å². The number of alkyl halides is 2. The van der Waals surface area contributed by atoms with E-state index in [2.05, 4.69) is 25.0 Å². The molecule has 1 aliphatic rings. The van der Waals surface area contributed by atoms with Crippen molar-refractivity contribution >= 4 is 5.69 Å². The van der Waals surface area contributed by atoms with Gasteiger partial charge in [-0.2, -0.15) is 0 Å². The van der Waals surface area contributed by atoms with E-state index in [1.54, 1.807) is 13.0 Å². The Morgan fingerprint density at radius 2 is 1.95 bits per heavy atom. The Morgan fingerprint density at radius 1 is 1.20 bits per heavy atom. The van der Waals surface area contributed by atoms with Crippen molar-refractivity contribution in [2.75, 3.05) is 5.32 Å². The van der Waals surface area contributed by atoms with Gasteiger partial charge >= 0.3 is 6.29 Å². The maximum absolute atomic E-state index is 12.9. The Kier molecular flexibility index (Phi) is 2.73. The molecule has 8 heteroatoms. The summed E-state index contributed by atoms with van der Waals surface area (Å²) in [5.41, 5.74) is 0.577. The summed E-state index contributed by atoms with van der Waals surface area (Å²) in [7, 11) is 0. The van der Waals surface area contributed by atoms with Crippen LogP contribution in [0.25, 0.3) is 0 Å². The third-order valence-electron chi connectivity index (χ3n) is 2.70. The van der Waals surface area contributed by atoms with Crippen LogP contribution in [0, 0.1) is 6.92 Å². The Morgan fingerprint density at radius 3 is 2.65 bits per heavy atom. The van der Waals surface area contributed by atoms with Crippen LogP contribution in [0.5, 0.6) is 11.5 Å². The molecular weight excluding hydrogens is 272 g/mol. The van der Waals surface area contributed by atoms with E-state index in [1.165, 1.54) is 12.1 Å². The molecule has 2 aromatic rings. The van der Waals surface area contributed by atoms with E-state index in [4.69, 9.17) is 4.42 Å². The molecule has 6 nitrogen and oxygen atoms in total. The van der Waals surface area contributed by atoms with Gasteiger partial charge in [-0.05, 0) is 19.1 Å². The van der Waals surface area contributed by atoms with Crippen LogP contribution in [0.3, 0.4) is 0 Å². The Balaban J connectivity index is 1.76. The summed E-state index contributed by atoms with van der Waals surface area (Å²) in [6, 6.07) is 4.17. The molecule has 1 aromatic heterocycles. The summed E-state index contributed by atoms with van der Waals surface area (Å²) >= 11 is 0. The zero-order valence-corrected chi connectivity index (χ0v) is 10.7. The minimum absolute atomic E-state index is 0.00170. The molecule has 0 fully saturated rings. The first-order valence-electron chi connectivity index (χ1n) is 5.89. The number of ether oxygens (including phenoxy) is 2. The molecule has 0 bridgehead atoms. The second-order valence-electron chi connectivity index (χ2n) is 4.35. The number of nitrogens with one attached hydrogen (secondary N) is 1. The van der Waals surface area contributed by atoms with E-state index in [0.29, 0.717) is 17.5 Å². The summed E-state index contributed by atoms with van der Waals surface area (Å²) < 4.78 is 39.8. The van der Waals surface area contributed by atoms with E-state index < -0.39 is 6.29 Å². The van der Waals surface area contributed by atoms with E-state index in [1.807, 2.05) is 6.92 Å². The second-order valence-corrected chi connectivity index (χ2v) is 4.35. The van der Waals surface area contributed by atoms with Crippen LogP contribution in [-0.4, -0.2) is 16.5 Å². The number of aromatic nitrogens is 2. The zero-order chi connectivity index (χ0) is 14.3. The molecule has 20 heavy (non-hydrogen) atoms. The highest BCUT2D eigenvalue weighted by molar-refractivity contribution is 5.56. The lowest BCUT2D eigenvalue weighted by atomic mass is 10.2. The molecule has 0 saturated carbocycles. The average Bonchev–Trinajstić information content (AvgIpc) is 2.90. The lowest BCUT2D eigenvalue weighted by Crippen LogP contribution is -2.25. The number of rotatable bonds is 3. The van der Waals surface area contributed by atoms with Gasteiger partial charge < -0.3 is 19.2 Å². The van der Waals surface area contributed by atoms with Crippen LogP contribution in [0.1, 0.15) is 24.7 Å². The first-order chi connectivity index (χ1) is 9.43. The smallest absolute Gasteiger partial charge is 0.423 e. The van der Waals surface area contributed by atoms with Gasteiger partial charge in [0.15, 0.2) is 11.5 Å². The molecule has 0 spiro atoms. The maximum atomic E-state index is 12.9. The quantitative estimate of drug-likeness (QED) is 0.934. The second kappa shape index (κ2) is 4.32. The molecule has 1 aromatic carbocycles. The lowest BCUT2D eigenvalue weighted by molar-refractivity contribution is -0.286. The highest BCUT2D eigenvalue weighted by atomic mass is 19.3. The summed E-state index contributed by atoms with van der Waals surface area (Å²) in [5, 5.41) is 10.7. The van der Waals surface area contributed by atoms with Gasteiger partial charge in [0, 0.05) is 18.7 Å². The number of hydrogen-bond acceptors (Lipinski definition) is 6. The molecule has 0 unspecified atom stereocenters. The van der Waals surface area contributed by atoms with Crippen molar-refractivity contribution in [3.05, 3.63) is 30.0 Å². The third-order valence-corrected chi connectivity index (χ3v) is 2.70. The van der Waals surface area contributed by atoms with Gasteiger partial charge in [0.1, 0.15) is 6.04 Å². The fourth-order valence-electron chi connectivity index (χ4n) is 1.84. The van der Waals surface area contributed by atoms with Crippen LogP contribution in [0.4, 0.5) is 14.5 Å². The van der Waals surface area contributed by atoms with Crippen LogP contribution < -0.4 is 14.8 Å². The Bertz CT molecular complexity index is 645. The van der Waals surface area contributed by atoms with E-state index >= 15 is 0 Å². The standard InChI is InChI=1S/C12H11F2N3O3/c1-6(11-17-16-7(2)18-11)15-8-3-4-9-10(5-8)20-12(13,14)19-9/h3-6,15H,1-2H3/t6-/m0/s1.